The number of hydrogen-bond donors (Lipinski definition) is 1. The molecule has 6 rings (SSSR count). The van der Waals surface area contributed by atoms with Gasteiger partial charge in [0.2, 0.25) is 11.1 Å². The third kappa shape index (κ3) is 6.50. The quantitative estimate of drug-likeness (QED) is 0.386. The molecule has 2 aromatic rings. The summed E-state index contributed by atoms with van der Waals surface area (Å²) in [7, 11) is 0. The zero-order chi connectivity index (χ0) is 24.8. The second-order valence-corrected chi connectivity index (χ2v) is 11.2. The average molecular weight is 527 g/mol. The van der Waals surface area contributed by atoms with Crippen LogP contribution in [0.3, 0.4) is 0 Å². The van der Waals surface area contributed by atoms with E-state index in [0.29, 0.717) is 11.8 Å². The first kappa shape index (κ1) is 25.8. The topological polar surface area (TPSA) is 49.4 Å². The molecule has 35 heavy (non-hydrogen) atoms. The zero-order valence-electron chi connectivity index (χ0n) is 19.7. The number of nitrogens with zero attached hydrogens (tertiary/aromatic N) is 1. The minimum Gasteiger partial charge on any atom is -0.338 e. The molecule has 4 atom stereocenters. The van der Waals surface area contributed by atoms with E-state index in [0.717, 1.165) is 37.4 Å². The van der Waals surface area contributed by atoms with Crippen LogP contribution >= 0.6 is 34.3 Å². The molecule has 1 amide bonds. The summed E-state index contributed by atoms with van der Waals surface area (Å²) < 4.78 is 0. The van der Waals surface area contributed by atoms with Gasteiger partial charge in [-0.2, -0.15) is 22.7 Å². The van der Waals surface area contributed by atoms with Gasteiger partial charge in [0.1, 0.15) is 0 Å². The highest BCUT2D eigenvalue weighted by Crippen LogP contribution is 2.41. The normalized spacial score (nSPS) is 25.8. The number of halogens is 1. The predicted octanol–water partition coefficient (Wildman–Crippen LogP) is 6.10. The van der Waals surface area contributed by atoms with E-state index in [-0.39, 0.29) is 5.91 Å². The first-order valence-corrected chi connectivity index (χ1v) is 14.1. The van der Waals surface area contributed by atoms with E-state index in [4.69, 9.17) is 11.6 Å². The third-order valence-corrected chi connectivity index (χ3v) is 8.63. The molecule has 2 aromatic heterocycles. The van der Waals surface area contributed by atoms with E-state index in [1.165, 1.54) is 42.3 Å². The highest BCUT2D eigenvalue weighted by atomic mass is 35.5. The van der Waals surface area contributed by atoms with Gasteiger partial charge in [-0.05, 0) is 123 Å². The van der Waals surface area contributed by atoms with Crippen molar-refractivity contribution in [3.8, 4) is 0 Å². The van der Waals surface area contributed by atoms with Gasteiger partial charge in [0.05, 0.1) is 0 Å². The molecule has 2 fully saturated rings. The Balaban J connectivity index is 0.000000142. The van der Waals surface area contributed by atoms with Crippen molar-refractivity contribution in [3.63, 3.8) is 0 Å². The first-order valence-electron chi connectivity index (χ1n) is 11.9. The molecule has 0 saturated carbocycles. The molecular weight excluding hydrogens is 496 g/mol. The maximum absolute atomic E-state index is 11.5. The fourth-order valence-corrected chi connectivity index (χ4v) is 6.68. The van der Waals surface area contributed by atoms with Crippen LogP contribution in [0.25, 0.3) is 11.1 Å². The molecule has 2 aliphatic carbocycles. The van der Waals surface area contributed by atoms with Crippen LogP contribution in [0, 0.1) is 23.7 Å². The number of carbonyl (C=O) groups is 2. The third-order valence-electron chi connectivity index (χ3n) is 7.11. The number of carbonyl (C=O) groups excluding carboxylic acids is 2. The summed E-state index contributed by atoms with van der Waals surface area (Å²) in [5, 5.41) is 11.7. The number of thiophene rings is 2. The minimum atomic E-state index is -0.509. The Hall–Kier alpha value is -2.25. The van der Waals surface area contributed by atoms with E-state index in [1.54, 1.807) is 28.2 Å². The summed E-state index contributed by atoms with van der Waals surface area (Å²) in [4.78, 5) is 22.9. The van der Waals surface area contributed by atoms with Crippen LogP contribution in [-0.2, 0) is 9.59 Å². The van der Waals surface area contributed by atoms with Gasteiger partial charge in [-0.3, -0.25) is 9.59 Å². The molecule has 4 aliphatic rings. The highest BCUT2D eigenvalue weighted by Gasteiger charge is 2.37. The number of likely N-dealkylation sites (tertiary alicyclic amines) is 1. The summed E-state index contributed by atoms with van der Waals surface area (Å²) in [5.41, 5.74) is 5.87. The Bertz CT molecular complexity index is 1100. The summed E-state index contributed by atoms with van der Waals surface area (Å²) in [5.74, 6) is 2.94. The average Bonchev–Trinajstić information content (AvgIpc) is 3.67. The zero-order valence-corrected chi connectivity index (χ0v) is 22.1. The Morgan fingerprint density at radius 1 is 0.914 bits per heavy atom. The van der Waals surface area contributed by atoms with Gasteiger partial charge in [-0.1, -0.05) is 25.3 Å². The predicted molar refractivity (Wildman–Crippen MR) is 148 cm³/mol. The molecule has 4 unspecified atom stereocenters. The molecule has 4 heterocycles. The van der Waals surface area contributed by atoms with Gasteiger partial charge >= 0.3 is 0 Å². The van der Waals surface area contributed by atoms with Crippen molar-refractivity contribution in [3.05, 3.63) is 82.2 Å². The Morgan fingerprint density at radius 3 is 2.00 bits per heavy atom. The van der Waals surface area contributed by atoms with Crippen molar-refractivity contribution in [2.75, 3.05) is 26.2 Å². The minimum absolute atomic E-state index is 0.0740. The number of allylic oxidation sites excluding steroid dienone is 3. The van der Waals surface area contributed by atoms with Crippen molar-refractivity contribution in [2.45, 2.75) is 12.8 Å². The van der Waals surface area contributed by atoms with Crippen LogP contribution in [-0.4, -0.2) is 42.2 Å². The molecule has 0 radical (unpaired) electrons. The highest BCUT2D eigenvalue weighted by molar-refractivity contribution is 7.08. The van der Waals surface area contributed by atoms with Crippen LogP contribution < -0.4 is 5.32 Å². The largest absolute Gasteiger partial charge is 0.338 e. The number of fused-ring (bicyclic) bond motifs is 2. The lowest BCUT2D eigenvalue weighted by molar-refractivity contribution is -0.125. The second kappa shape index (κ2) is 12.1. The van der Waals surface area contributed by atoms with Crippen LogP contribution in [0.1, 0.15) is 24.0 Å². The molecule has 2 aliphatic heterocycles. The fraction of sp³-hybridized carbons (Fsp3) is 0.357. The maximum atomic E-state index is 11.5. The summed E-state index contributed by atoms with van der Waals surface area (Å²) in [6.07, 6.45) is 9.71. The van der Waals surface area contributed by atoms with Crippen molar-refractivity contribution >= 4 is 56.6 Å². The summed E-state index contributed by atoms with van der Waals surface area (Å²) in [6, 6.07) is 4.43. The Kier molecular flexibility index (Phi) is 8.95. The maximum Gasteiger partial charge on any atom is 0.245 e. The molecule has 1 N–H and O–H groups in total. The van der Waals surface area contributed by atoms with Crippen molar-refractivity contribution < 1.29 is 9.59 Å². The monoisotopic (exact) mass is 526 g/mol. The first-order chi connectivity index (χ1) is 17.0. The van der Waals surface area contributed by atoms with Gasteiger partial charge < -0.3 is 10.2 Å². The lowest BCUT2D eigenvalue weighted by Gasteiger charge is -2.14. The molecule has 0 bridgehead atoms. The standard InChI is InChI=1S/C14H15NOS.C11H13NS.C3H3ClO/c1-2-14(16)15-7-12-5-11(6-13(12)8-15)10-3-4-17-9-10;1-2-13-7-8(1)9-3-10-5-12-6-11(10)4-9;1-2-3(4)5/h2-5,9,12-13H,1,6-8H2;1-3,7,10-12H,4-6H2;2H,1H2. The lowest BCUT2D eigenvalue weighted by atomic mass is 9.99. The molecule has 4 nitrogen and oxygen atoms in total. The molecule has 0 aromatic carbocycles. The van der Waals surface area contributed by atoms with E-state index < -0.39 is 5.24 Å². The van der Waals surface area contributed by atoms with E-state index >= 15 is 0 Å². The van der Waals surface area contributed by atoms with E-state index in [1.807, 2.05) is 4.90 Å². The SMILES string of the molecule is C1=C(c2ccsc2)CC2CNCC12.C=CC(=O)Cl.C=CC(=O)N1CC2C=C(c3ccsc3)CC2C1. The summed E-state index contributed by atoms with van der Waals surface area (Å²) in [6.45, 7) is 10.8. The van der Waals surface area contributed by atoms with Crippen molar-refractivity contribution in [1.29, 1.82) is 0 Å². The van der Waals surface area contributed by atoms with Gasteiger partial charge in [-0.15, -0.1) is 0 Å². The molecule has 0 spiro atoms. The smallest absolute Gasteiger partial charge is 0.245 e. The molecular formula is C28H31ClN2O2S2. The van der Waals surface area contributed by atoms with Gasteiger partial charge in [0.15, 0.2) is 0 Å². The van der Waals surface area contributed by atoms with E-state index in [2.05, 4.69) is 64.3 Å². The van der Waals surface area contributed by atoms with Gasteiger partial charge in [0.25, 0.3) is 0 Å². The van der Waals surface area contributed by atoms with Crippen LogP contribution in [0.5, 0.6) is 0 Å². The van der Waals surface area contributed by atoms with E-state index in [9.17, 15) is 9.59 Å². The molecule has 184 valence electrons. The van der Waals surface area contributed by atoms with Gasteiger partial charge in [-0.25, -0.2) is 0 Å². The Labute approximate surface area is 220 Å². The fourth-order valence-electron chi connectivity index (χ4n) is 5.32. The van der Waals surface area contributed by atoms with Crippen molar-refractivity contribution in [1.82, 2.24) is 10.2 Å². The summed E-state index contributed by atoms with van der Waals surface area (Å²) >= 11 is 8.25. The molecule has 2 saturated heterocycles. The van der Waals surface area contributed by atoms with Crippen LogP contribution in [0.4, 0.5) is 0 Å². The lowest BCUT2D eigenvalue weighted by Crippen LogP contribution is -2.27. The Morgan fingerprint density at radius 2 is 1.51 bits per heavy atom. The number of rotatable bonds is 4. The number of amides is 1. The molecule has 7 heteroatoms. The van der Waals surface area contributed by atoms with Crippen LogP contribution in [0.2, 0.25) is 0 Å². The van der Waals surface area contributed by atoms with Crippen molar-refractivity contribution in [2.24, 2.45) is 23.7 Å². The second-order valence-electron chi connectivity index (χ2n) is 9.28. The van der Waals surface area contributed by atoms with Crippen LogP contribution in [0.15, 0.2) is 71.1 Å². The number of nitrogens with one attached hydrogen (secondary N) is 1. The van der Waals surface area contributed by atoms with Gasteiger partial charge in [0, 0.05) is 19.6 Å². The number of hydrogen-bond acceptors (Lipinski definition) is 5.